The number of carbonyl (C=O) groups excluding carboxylic acids is 1. The van der Waals surface area contributed by atoms with Crippen LogP contribution < -0.4 is 10.1 Å². The Kier molecular flexibility index (Phi) is 7.14. The first-order valence-corrected chi connectivity index (χ1v) is 11.5. The molecule has 1 aliphatic rings. The van der Waals surface area contributed by atoms with Gasteiger partial charge in [0.05, 0.1) is 33.2 Å². The van der Waals surface area contributed by atoms with Crippen molar-refractivity contribution in [2.45, 2.75) is 30.6 Å². The number of halogens is 1. The maximum Gasteiger partial charge on any atom is 0.270 e. The lowest BCUT2D eigenvalue weighted by molar-refractivity contribution is -0.384. The largest absolute Gasteiger partial charge is 0.495 e. The van der Waals surface area contributed by atoms with Gasteiger partial charge in [0.2, 0.25) is 10.0 Å². The Hall–Kier alpha value is -2.69. The number of nitrogens with one attached hydrogen (secondary N) is 1. The summed E-state index contributed by atoms with van der Waals surface area (Å²) in [6.45, 7) is 0.888. The van der Waals surface area contributed by atoms with Gasteiger partial charge in [-0.05, 0) is 37.1 Å². The van der Waals surface area contributed by atoms with Crippen molar-refractivity contribution in [3.63, 3.8) is 0 Å². The molecular formula is C20H22ClN3O6S. The Bertz CT molecular complexity index is 1100. The third kappa shape index (κ3) is 5.15. The zero-order chi connectivity index (χ0) is 22.6. The second kappa shape index (κ2) is 9.63. The summed E-state index contributed by atoms with van der Waals surface area (Å²) in [6, 6.07) is 7.70. The maximum absolute atomic E-state index is 13.1. The van der Waals surface area contributed by atoms with Crippen molar-refractivity contribution in [3.05, 3.63) is 57.1 Å². The summed E-state index contributed by atoms with van der Waals surface area (Å²) in [6.07, 6.45) is 3.56. The molecule has 1 heterocycles. The zero-order valence-corrected chi connectivity index (χ0v) is 18.4. The van der Waals surface area contributed by atoms with E-state index in [0.717, 1.165) is 31.7 Å². The number of carbonyl (C=O) groups is 1. The smallest absolute Gasteiger partial charge is 0.270 e. The number of nitrogens with zero attached hydrogens (tertiary/aromatic N) is 2. The second-order valence-corrected chi connectivity index (χ2v) is 9.40. The van der Waals surface area contributed by atoms with Crippen LogP contribution in [0.3, 0.4) is 0 Å². The van der Waals surface area contributed by atoms with Crippen LogP contribution in [0.25, 0.3) is 0 Å². The van der Waals surface area contributed by atoms with Crippen LogP contribution in [-0.4, -0.2) is 43.8 Å². The molecule has 9 nitrogen and oxygen atoms in total. The molecule has 1 saturated heterocycles. The van der Waals surface area contributed by atoms with Gasteiger partial charge in [0.1, 0.15) is 5.75 Å². The van der Waals surface area contributed by atoms with Crippen molar-refractivity contribution >= 4 is 38.9 Å². The lowest BCUT2D eigenvalue weighted by Gasteiger charge is -2.21. The van der Waals surface area contributed by atoms with E-state index in [4.69, 9.17) is 16.3 Å². The van der Waals surface area contributed by atoms with Crippen LogP contribution >= 0.6 is 11.6 Å². The van der Waals surface area contributed by atoms with Crippen molar-refractivity contribution in [2.75, 3.05) is 25.5 Å². The summed E-state index contributed by atoms with van der Waals surface area (Å²) in [5.74, 6) is -0.485. The molecule has 0 atom stereocenters. The van der Waals surface area contributed by atoms with Gasteiger partial charge in [-0.1, -0.05) is 24.4 Å². The number of hydrogen-bond acceptors (Lipinski definition) is 6. The first-order valence-electron chi connectivity index (χ1n) is 9.67. The molecule has 1 aliphatic heterocycles. The first kappa shape index (κ1) is 23.0. The van der Waals surface area contributed by atoms with Crippen molar-refractivity contribution in [3.8, 4) is 5.75 Å². The van der Waals surface area contributed by atoms with Gasteiger partial charge in [-0.2, -0.15) is 4.31 Å². The quantitative estimate of drug-likeness (QED) is 0.505. The SMILES string of the molecule is COc1ccc(S(=O)(=O)N2CCCCCC2)cc1NC(=O)c1cc([N+](=O)[O-])ccc1Cl. The molecule has 166 valence electrons. The summed E-state index contributed by atoms with van der Waals surface area (Å²) < 4.78 is 32.9. The fourth-order valence-electron chi connectivity index (χ4n) is 3.37. The molecule has 0 unspecified atom stereocenters. The van der Waals surface area contributed by atoms with Gasteiger partial charge in [0.15, 0.2) is 0 Å². The summed E-state index contributed by atoms with van der Waals surface area (Å²) >= 11 is 6.04. The van der Waals surface area contributed by atoms with Crippen LogP contribution in [0.4, 0.5) is 11.4 Å². The molecule has 31 heavy (non-hydrogen) atoms. The lowest BCUT2D eigenvalue weighted by atomic mass is 10.1. The van der Waals surface area contributed by atoms with Crippen molar-refractivity contribution in [1.29, 1.82) is 0 Å². The van der Waals surface area contributed by atoms with Gasteiger partial charge in [0.25, 0.3) is 11.6 Å². The van der Waals surface area contributed by atoms with Gasteiger partial charge < -0.3 is 10.1 Å². The highest BCUT2D eigenvalue weighted by Gasteiger charge is 2.26. The van der Waals surface area contributed by atoms with E-state index in [-0.39, 0.29) is 32.6 Å². The van der Waals surface area contributed by atoms with Gasteiger partial charge in [0, 0.05) is 25.2 Å². The number of methoxy groups -OCH3 is 1. The highest BCUT2D eigenvalue weighted by atomic mass is 35.5. The number of rotatable bonds is 6. The molecule has 11 heteroatoms. The fourth-order valence-corrected chi connectivity index (χ4v) is 5.11. The number of ether oxygens (including phenoxy) is 1. The van der Waals surface area contributed by atoms with E-state index in [1.807, 2.05) is 0 Å². The number of amides is 1. The third-order valence-electron chi connectivity index (χ3n) is 5.03. The highest BCUT2D eigenvalue weighted by Crippen LogP contribution is 2.31. The monoisotopic (exact) mass is 467 g/mol. The number of hydrogen-bond donors (Lipinski definition) is 1. The predicted molar refractivity (Wildman–Crippen MR) is 116 cm³/mol. The van der Waals surface area contributed by atoms with Crippen molar-refractivity contribution in [2.24, 2.45) is 0 Å². The minimum absolute atomic E-state index is 0.0235. The van der Waals surface area contributed by atoms with Crippen molar-refractivity contribution < 1.29 is 22.9 Å². The number of non-ortho nitro benzene ring substituents is 1. The number of sulfonamides is 1. The molecule has 0 aliphatic carbocycles. The van der Waals surface area contributed by atoms with Crippen molar-refractivity contribution in [1.82, 2.24) is 4.31 Å². The van der Waals surface area contributed by atoms with Crippen LogP contribution in [0, 0.1) is 10.1 Å². The average Bonchev–Trinajstić information content (AvgIpc) is 3.04. The van der Waals surface area contributed by atoms with Gasteiger partial charge in [-0.3, -0.25) is 14.9 Å². The van der Waals surface area contributed by atoms with E-state index in [0.29, 0.717) is 13.1 Å². The minimum Gasteiger partial charge on any atom is -0.495 e. The first-order chi connectivity index (χ1) is 14.7. The normalized spacial score (nSPS) is 15.2. The minimum atomic E-state index is -3.75. The molecule has 0 bridgehead atoms. The lowest BCUT2D eigenvalue weighted by Crippen LogP contribution is -2.32. The molecule has 0 spiro atoms. The highest BCUT2D eigenvalue weighted by molar-refractivity contribution is 7.89. The molecule has 1 fully saturated rings. The van der Waals surface area contributed by atoms with E-state index in [2.05, 4.69) is 5.32 Å². The molecule has 0 saturated carbocycles. The summed E-state index contributed by atoms with van der Waals surface area (Å²) in [4.78, 5) is 23.2. The Morgan fingerprint density at radius 2 is 1.81 bits per heavy atom. The van der Waals surface area contributed by atoms with E-state index in [9.17, 15) is 23.3 Å². The molecule has 1 amide bonds. The standard InChI is InChI=1S/C20H22ClN3O6S/c1-30-19-9-7-15(31(28,29)23-10-4-2-3-5-11-23)13-18(19)22-20(25)16-12-14(24(26)27)6-8-17(16)21/h6-9,12-13H,2-5,10-11H2,1H3,(H,22,25). The number of benzene rings is 2. The molecule has 2 aromatic rings. The summed E-state index contributed by atoms with van der Waals surface area (Å²) in [7, 11) is -2.37. The molecular weight excluding hydrogens is 446 g/mol. The van der Waals surface area contributed by atoms with Crippen LogP contribution in [0.15, 0.2) is 41.3 Å². The second-order valence-electron chi connectivity index (χ2n) is 7.06. The molecule has 3 rings (SSSR count). The molecule has 0 radical (unpaired) electrons. The maximum atomic E-state index is 13.1. The Balaban J connectivity index is 1.94. The van der Waals surface area contributed by atoms with Crippen LogP contribution in [0.1, 0.15) is 36.0 Å². The predicted octanol–water partition coefficient (Wildman–Crippen LogP) is 4.07. The zero-order valence-electron chi connectivity index (χ0n) is 16.8. The summed E-state index contributed by atoms with van der Waals surface area (Å²) in [5.41, 5.74) is -0.288. The topological polar surface area (TPSA) is 119 Å². The van der Waals surface area contributed by atoms with Gasteiger partial charge in [-0.15, -0.1) is 0 Å². The number of nitro benzene ring substituents is 1. The number of nitro groups is 1. The van der Waals surface area contributed by atoms with Gasteiger partial charge >= 0.3 is 0 Å². The molecule has 2 aromatic carbocycles. The van der Waals surface area contributed by atoms with Crippen LogP contribution in [0.2, 0.25) is 5.02 Å². The Morgan fingerprint density at radius 1 is 1.13 bits per heavy atom. The van der Waals surface area contributed by atoms with Crippen LogP contribution in [0.5, 0.6) is 5.75 Å². The third-order valence-corrected chi connectivity index (χ3v) is 7.25. The average molecular weight is 468 g/mol. The Morgan fingerprint density at radius 3 is 2.42 bits per heavy atom. The van der Waals surface area contributed by atoms with E-state index < -0.39 is 20.9 Å². The van der Waals surface area contributed by atoms with Gasteiger partial charge in [-0.25, -0.2) is 8.42 Å². The fraction of sp³-hybridized carbons (Fsp3) is 0.350. The molecule has 0 aromatic heterocycles. The number of anilines is 1. The van der Waals surface area contributed by atoms with E-state index >= 15 is 0 Å². The van der Waals surface area contributed by atoms with E-state index in [1.54, 1.807) is 0 Å². The Labute approximate surface area is 185 Å². The summed E-state index contributed by atoms with van der Waals surface area (Å²) in [5, 5.41) is 13.6. The van der Waals surface area contributed by atoms with E-state index in [1.165, 1.54) is 41.7 Å². The molecule has 1 N–H and O–H groups in total. The van der Waals surface area contributed by atoms with Crippen LogP contribution in [-0.2, 0) is 10.0 Å².